The van der Waals surface area contributed by atoms with Gasteiger partial charge in [-0.25, -0.2) is 4.98 Å². The number of allylic oxidation sites excluding steroid dienone is 1. The first-order valence-corrected chi connectivity index (χ1v) is 8.21. The third kappa shape index (κ3) is 3.17. The molecule has 0 radical (unpaired) electrons. The fourth-order valence-corrected chi connectivity index (χ4v) is 3.00. The molecule has 130 valence electrons. The van der Waals surface area contributed by atoms with Crippen molar-refractivity contribution >= 4 is 28.4 Å². The van der Waals surface area contributed by atoms with Crippen molar-refractivity contribution in [3.05, 3.63) is 46.5 Å². The van der Waals surface area contributed by atoms with Gasteiger partial charge in [0, 0.05) is 6.42 Å². The van der Waals surface area contributed by atoms with Gasteiger partial charge in [-0.2, -0.15) is 0 Å². The average Bonchev–Trinajstić information content (AvgIpc) is 2.54. The highest BCUT2D eigenvalue weighted by Crippen LogP contribution is 2.26. The van der Waals surface area contributed by atoms with Crippen LogP contribution in [0.3, 0.4) is 0 Å². The van der Waals surface area contributed by atoms with E-state index in [2.05, 4.69) is 10.3 Å². The monoisotopic (exact) mass is 340 g/mol. The molecule has 0 fully saturated rings. The molecule has 7 nitrogen and oxygen atoms in total. The SMILES string of the molecule is CC(C)/C=C1\NC(=O)[C@@H](CCC(N)=O)n2c1nc1ccccc1c2=O. The van der Waals surface area contributed by atoms with Gasteiger partial charge >= 0.3 is 0 Å². The molecule has 25 heavy (non-hydrogen) atoms. The van der Waals surface area contributed by atoms with E-state index in [9.17, 15) is 14.4 Å². The van der Waals surface area contributed by atoms with Crippen LogP contribution in [-0.2, 0) is 9.59 Å². The van der Waals surface area contributed by atoms with Gasteiger partial charge in [0.15, 0.2) is 5.82 Å². The van der Waals surface area contributed by atoms with Crippen molar-refractivity contribution in [1.29, 1.82) is 0 Å². The highest BCUT2D eigenvalue weighted by Gasteiger charge is 2.32. The molecule has 0 spiro atoms. The van der Waals surface area contributed by atoms with E-state index in [1.165, 1.54) is 4.57 Å². The molecular formula is C18H20N4O3. The van der Waals surface area contributed by atoms with E-state index in [-0.39, 0.29) is 30.2 Å². The van der Waals surface area contributed by atoms with Gasteiger partial charge in [0.2, 0.25) is 11.8 Å². The maximum atomic E-state index is 13.0. The zero-order valence-corrected chi connectivity index (χ0v) is 14.2. The highest BCUT2D eigenvalue weighted by molar-refractivity contribution is 5.93. The Balaban J connectivity index is 2.26. The fourth-order valence-electron chi connectivity index (χ4n) is 3.00. The minimum absolute atomic E-state index is 0.0139. The van der Waals surface area contributed by atoms with Crippen LogP contribution in [0.5, 0.6) is 0 Å². The van der Waals surface area contributed by atoms with E-state index in [4.69, 9.17) is 5.73 Å². The average molecular weight is 340 g/mol. The molecule has 0 unspecified atom stereocenters. The molecule has 1 aromatic heterocycles. The number of carbonyl (C=O) groups is 2. The number of carbonyl (C=O) groups excluding carboxylic acids is 2. The van der Waals surface area contributed by atoms with Gasteiger partial charge in [0.05, 0.1) is 16.6 Å². The fraction of sp³-hybridized carbons (Fsp3) is 0.333. The quantitative estimate of drug-likeness (QED) is 0.875. The van der Waals surface area contributed by atoms with Crippen molar-refractivity contribution < 1.29 is 9.59 Å². The Morgan fingerprint density at radius 3 is 2.76 bits per heavy atom. The minimum atomic E-state index is -0.809. The molecule has 3 rings (SSSR count). The Kier molecular flexibility index (Phi) is 4.39. The number of fused-ring (bicyclic) bond motifs is 2. The second-order valence-electron chi connectivity index (χ2n) is 6.46. The second-order valence-corrected chi connectivity index (χ2v) is 6.46. The summed E-state index contributed by atoms with van der Waals surface area (Å²) < 4.78 is 1.39. The van der Waals surface area contributed by atoms with Gasteiger partial charge in [0.25, 0.3) is 5.56 Å². The Morgan fingerprint density at radius 1 is 1.36 bits per heavy atom. The Morgan fingerprint density at radius 2 is 2.08 bits per heavy atom. The van der Waals surface area contributed by atoms with Crippen LogP contribution >= 0.6 is 0 Å². The number of hydrogen-bond acceptors (Lipinski definition) is 4. The molecule has 2 amide bonds. The smallest absolute Gasteiger partial charge is 0.262 e. The summed E-state index contributed by atoms with van der Waals surface area (Å²) in [5.41, 5.74) is 6.00. The summed E-state index contributed by atoms with van der Waals surface area (Å²) in [5, 5.41) is 3.26. The van der Waals surface area contributed by atoms with E-state index in [0.717, 1.165) is 0 Å². The highest BCUT2D eigenvalue weighted by atomic mass is 16.2. The first kappa shape index (κ1) is 16.9. The van der Waals surface area contributed by atoms with Gasteiger partial charge < -0.3 is 11.1 Å². The summed E-state index contributed by atoms with van der Waals surface area (Å²) in [5.74, 6) is -0.278. The number of nitrogens with zero attached hydrogens (tertiary/aromatic N) is 2. The van der Waals surface area contributed by atoms with Crippen molar-refractivity contribution in [1.82, 2.24) is 14.9 Å². The van der Waals surface area contributed by atoms with Crippen LogP contribution in [0.1, 0.15) is 38.6 Å². The molecule has 0 saturated heterocycles. The zero-order valence-electron chi connectivity index (χ0n) is 14.2. The van der Waals surface area contributed by atoms with Crippen molar-refractivity contribution in [2.75, 3.05) is 0 Å². The summed E-state index contributed by atoms with van der Waals surface area (Å²) in [6.07, 6.45) is 2.03. The third-order valence-electron chi connectivity index (χ3n) is 4.09. The first-order valence-electron chi connectivity index (χ1n) is 8.21. The summed E-state index contributed by atoms with van der Waals surface area (Å²) in [7, 11) is 0. The number of amides is 2. The van der Waals surface area contributed by atoms with Gasteiger partial charge in [-0.15, -0.1) is 0 Å². The van der Waals surface area contributed by atoms with E-state index in [1.54, 1.807) is 18.2 Å². The maximum Gasteiger partial charge on any atom is 0.262 e. The lowest BCUT2D eigenvalue weighted by Crippen LogP contribution is -2.44. The third-order valence-corrected chi connectivity index (χ3v) is 4.09. The van der Waals surface area contributed by atoms with Crippen molar-refractivity contribution in [2.24, 2.45) is 11.7 Å². The number of aromatic nitrogens is 2. The largest absolute Gasteiger partial charge is 0.370 e. The summed E-state index contributed by atoms with van der Waals surface area (Å²) in [6, 6.07) is 6.20. The van der Waals surface area contributed by atoms with Crippen LogP contribution < -0.4 is 16.6 Å². The molecular weight excluding hydrogens is 320 g/mol. The Bertz CT molecular complexity index is 943. The van der Waals surface area contributed by atoms with Crippen LogP contribution in [0.4, 0.5) is 0 Å². The standard InChI is InChI=1S/C18H20N4O3/c1-10(2)9-13-16-20-12-6-4-3-5-11(12)18(25)22(16)14(17(24)21-13)7-8-15(19)23/h3-6,9-10,14H,7-8H2,1-2H3,(H2,19,23)(H,21,24)/b13-9-/t14-/m1/s1. The van der Waals surface area contributed by atoms with Gasteiger partial charge in [0.1, 0.15) is 6.04 Å². The topological polar surface area (TPSA) is 107 Å². The van der Waals surface area contributed by atoms with Crippen LogP contribution in [0.25, 0.3) is 16.6 Å². The number of para-hydroxylation sites is 1. The van der Waals surface area contributed by atoms with Gasteiger partial charge in [-0.05, 0) is 24.5 Å². The second kappa shape index (κ2) is 6.51. The van der Waals surface area contributed by atoms with Crippen LogP contribution in [0.2, 0.25) is 0 Å². The molecule has 1 aliphatic rings. The number of nitrogens with two attached hydrogens (primary N) is 1. The van der Waals surface area contributed by atoms with Crippen LogP contribution in [0.15, 0.2) is 35.1 Å². The molecule has 0 bridgehead atoms. The normalized spacial score (nSPS) is 18.4. The van der Waals surface area contributed by atoms with E-state index < -0.39 is 11.9 Å². The number of benzene rings is 1. The number of nitrogens with one attached hydrogen (secondary N) is 1. The number of primary amides is 1. The maximum absolute atomic E-state index is 13.0. The van der Waals surface area contributed by atoms with E-state index >= 15 is 0 Å². The number of hydrogen-bond donors (Lipinski definition) is 2. The molecule has 3 N–H and O–H groups in total. The van der Waals surface area contributed by atoms with E-state index in [1.807, 2.05) is 26.0 Å². The zero-order chi connectivity index (χ0) is 18.1. The summed E-state index contributed by atoms with van der Waals surface area (Å²) >= 11 is 0. The molecule has 1 aromatic carbocycles. The molecule has 2 heterocycles. The minimum Gasteiger partial charge on any atom is -0.370 e. The van der Waals surface area contributed by atoms with Gasteiger partial charge in [-0.3, -0.25) is 19.0 Å². The predicted octanol–water partition coefficient (Wildman–Crippen LogP) is 1.33. The lowest BCUT2D eigenvalue weighted by Gasteiger charge is -2.29. The van der Waals surface area contributed by atoms with Crippen molar-refractivity contribution in [2.45, 2.75) is 32.7 Å². The lowest BCUT2D eigenvalue weighted by molar-refractivity contribution is -0.124. The summed E-state index contributed by atoms with van der Waals surface area (Å²) in [4.78, 5) is 41.3. The van der Waals surface area contributed by atoms with Crippen LogP contribution in [0, 0.1) is 5.92 Å². The van der Waals surface area contributed by atoms with Crippen molar-refractivity contribution in [3.63, 3.8) is 0 Å². The molecule has 1 aliphatic heterocycles. The molecule has 0 aliphatic carbocycles. The van der Waals surface area contributed by atoms with Gasteiger partial charge in [-0.1, -0.05) is 32.1 Å². The Labute approximate surface area is 144 Å². The number of rotatable bonds is 4. The molecule has 1 atom stereocenters. The van der Waals surface area contributed by atoms with Crippen molar-refractivity contribution in [3.8, 4) is 0 Å². The lowest BCUT2D eigenvalue weighted by atomic mass is 10.0. The Hall–Kier alpha value is -2.96. The van der Waals surface area contributed by atoms with E-state index in [0.29, 0.717) is 22.4 Å². The predicted molar refractivity (Wildman–Crippen MR) is 94.4 cm³/mol. The molecule has 7 heteroatoms. The van der Waals surface area contributed by atoms with Crippen LogP contribution in [-0.4, -0.2) is 21.4 Å². The molecule has 2 aromatic rings. The first-order chi connectivity index (χ1) is 11.9. The molecule has 0 saturated carbocycles. The summed E-state index contributed by atoms with van der Waals surface area (Å²) in [6.45, 7) is 3.95.